The molecule has 2 heterocycles. The van der Waals surface area contributed by atoms with Crippen LogP contribution < -0.4 is 5.56 Å². The molecule has 0 bridgehead atoms. The lowest BCUT2D eigenvalue weighted by molar-refractivity contribution is 1.15. The van der Waals surface area contributed by atoms with Crippen LogP contribution in [0.25, 0.3) is 27.7 Å². The zero-order valence-electron chi connectivity index (χ0n) is 9.72. The minimum atomic E-state index is -0.228. The van der Waals surface area contributed by atoms with Gasteiger partial charge in [0.05, 0.1) is 21.9 Å². The first-order chi connectivity index (χ1) is 9.25. The van der Waals surface area contributed by atoms with Crippen LogP contribution in [-0.4, -0.2) is 14.4 Å². The van der Waals surface area contributed by atoms with Gasteiger partial charge >= 0.3 is 0 Å². The Hall–Kier alpha value is -2.14. The van der Waals surface area contributed by atoms with E-state index in [1.54, 1.807) is 0 Å². The second kappa shape index (κ2) is 3.68. The van der Waals surface area contributed by atoms with Gasteiger partial charge in [-0.15, -0.1) is 0 Å². The summed E-state index contributed by atoms with van der Waals surface area (Å²) in [6.45, 7) is 0. The fraction of sp³-hybridized carbons (Fsp3) is 0. The lowest BCUT2D eigenvalue weighted by atomic mass is 10.2. The van der Waals surface area contributed by atoms with Gasteiger partial charge in [-0.05, 0) is 40.2 Å². The van der Waals surface area contributed by atoms with Crippen LogP contribution >= 0.6 is 15.9 Å². The summed E-state index contributed by atoms with van der Waals surface area (Å²) in [5.74, 6) is 0.566. The first-order valence-electron chi connectivity index (χ1n) is 5.83. The van der Waals surface area contributed by atoms with Gasteiger partial charge < -0.3 is 4.98 Å². The van der Waals surface area contributed by atoms with E-state index in [0.717, 1.165) is 21.0 Å². The van der Waals surface area contributed by atoms with Crippen LogP contribution in [0.1, 0.15) is 0 Å². The number of hydrogen-bond acceptors (Lipinski definition) is 2. The van der Waals surface area contributed by atoms with Gasteiger partial charge in [-0.3, -0.25) is 9.20 Å². The highest BCUT2D eigenvalue weighted by atomic mass is 79.9. The standard InChI is InChI=1S/C14H8BrN3O/c15-8-4-3-7-11-12(8)13(19)17-14-16-9-5-1-2-6-10(9)18(11)14/h1-7H,(H,16,17,19). The molecule has 5 heteroatoms. The second-order valence-corrected chi connectivity index (χ2v) is 5.21. The number of benzene rings is 2. The van der Waals surface area contributed by atoms with E-state index in [9.17, 15) is 4.79 Å². The third kappa shape index (κ3) is 1.39. The number of para-hydroxylation sites is 2. The number of nitrogens with one attached hydrogen (secondary N) is 1. The van der Waals surface area contributed by atoms with Gasteiger partial charge in [0, 0.05) is 4.47 Å². The van der Waals surface area contributed by atoms with Crippen molar-refractivity contribution in [3.63, 3.8) is 0 Å². The van der Waals surface area contributed by atoms with Gasteiger partial charge in [-0.2, -0.15) is 4.98 Å². The smallest absolute Gasteiger partial charge is 0.283 e. The summed E-state index contributed by atoms with van der Waals surface area (Å²) in [5, 5.41) is 0.602. The van der Waals surface area contributed by atoms with Crippen molar-refractivity contribution < 1.29 is 0 Å². The van der Waals surface area contributed by atoms with Crippen LogP contribution in [0.3, 0.4) is 0 Å². The molecule has 92 valence electrons. The molecule has 4 nitrogen and oxygen atoms in total. The zero-order valence-corrected chi connectivity index (χ0v) is 11.3. The maximum Gasteiger partial charge on any atom is 0.283 e. The molecule has 0 aliphatic carbocycles. The highest BCUT2D eigenvalue weighted by molar-refractivity contribution is 9.10. The number of H-pyrrole nitrogens is 1. The summed E-state index contributed by atoms with van der Waals surface area (Å²) in [7, 11) is 0. The Morgan fingerprint density at radius 1 is 1.05 bits per heavy atom. The monoisotopic (exact) mass is 313 g/mol. The van der Waals surface area contributed by atoms with E-state index >= 15 is 0 Å². The average Bonchev–Trinajstić information content (AvgIpc) is 2.76. The van der Waals surface area contributed by atoms with Gasteiger partial charge in [0.2, 0.25) is 5.78 Å². The minimum Gasteiger partial charge on any atom is -0.323 e. The van der Waals surface area contributed by atoms with Crippen molar-refractivity contribution in [3.05, 3.63) is 57.3 Å². The number of imidazole rings is 1. The van der Waals surface area contributed by atoms with E-state index in [-0.39, 0.29) is 5.56 Å². The molecular weight excluding hydrogens is 306 g/mol. The molecule has 0 saturated heterocycles. The molecule has 0 aliphatic heterocycles. The molecule has 1 N–H and O–H groups in total. The Bertz CT molecular complexity index is 1000. The van der Waals surface area contributed by atoms with E-state index in [2.05, 4.69) is 25.9 Å². The number of fused-ring (bicyclic) bond motifs is 5. The number of nitrogens with zero attached hydrogens (tertiary/aromatic N) is 2. The summed E-state index contributed by atoms with van der Waals surface area (Å²) in [6.07, 6.45) is 0. The number of aromatic amines is 1. The van der Waals surface area contributed by atoms with E-state index in [1.807, 2.05) is 46.9 Å². The van der Waals surface area contributed by atoms with Crippen molar-refractivity contribution in [2.24, 2.45) is 0 Å². The number of rotatable bonds is 0. The molecule has 4 aromatic rings. The maximum atomic E-state index is 12.1. The molecule has 4 rings (SSSR count). The van der Waals surface area contributed by atoms with Crippen LogP contribution in [0.5, 0.6) is 0 Å². The normalized spacial score (nSPS) is 11.6. The summed E-state index contributed by atoms with van der Waals surface area (Å²) >= 11 is 3.42. The molecule has 0 spiro atoms. The third-order valence-electron chi connectivity index (χ3n) is 3.26. The number of aromatic nitrogens is 3. The predicted octanol–water partition coefficient (Wildman–Crippen LogP) is 3.09. The maximum absolute atomic E-state index is 12.1. The molecule has 0 radical (unpaired) electrons. The van der Waals surface area contributed by atoms with Crippen molar-refractivity contribution in [1.82, 2.24) is 14.4 Å². The minimum absolute atomic E-state index is 0.228. The Morgan fingerprint density at radius 2 is 1.84 bits per heavy atom. The summed E-state index contributed by atoms with van der Waals surface area (Å²) < 4.78 is 2.73. The number of hydrogen-bond donors (Lipinski definition) is 1. The first-order valence-corrected chi connectivity index (χ1v) is 6.63. The lowest BCUT2D eigenvalue weighted by Crippen LogP contribution is -2.10. The molecule has 2 aromatic carbocycles. The van der Waals surface area contributed by atoms with Crippen LogP contribution in [0.15, 0.2) is 51.7 Å². The molecule has 0 amide bonds. The van der Waals surface area contributed by atoms with Crippen molar-refractivity contribution >= 4 is 43.6 Å². The molecule has 0 saturated carbocycles. The lowest BCUT2D eigenvalue weighted by Gasteiger charge is -2.03. The molecule has 2 aromatic heterocycles. The average molecular weight is 314 g/mol. The predicted molar refractivity (Wildman–Crippen MR) is 78.5 cm³/mol. The summed E-state index contributed by atoms with van der Waals surface area (Å²) in [6, 6.07) is 13.6. The molecule has 0 aliphatic rings. The Kier molecular flexibility index (Phi) is 2.08. The Morgan fingerprint density at radius 3 is 2.74 bits per heavy atom. The van der Waals surface area contributed by atoms with Crippen molar-refractivity contribution in [3.8, 4) is 0 Å². The van der Waals surface area contributed by atoms with Gasteiger partial charge in [0.15, 0.2) is 0 Å². The highest BCUT2D eigenvalue weighted by Crippen LogP contribution is 2.24. The molecule has 19 heavy (non-hydrogen) atoms. The van der Waals surface area contributed by atoms with E-state index in [4.69, 9.17) is 0 Å². The van der Waals surface area contributed by atoms with Gasteiger partial charge in [-0.25, -0.2) is 0 Å². The second-order valence-electron chi connectivity index (χ2n) is 4.35. The molecular formula is C14H8BrN3O. The van der Waals surface area contributed by atoms with Crippen molar-refractivity contribution in [2.45, 2.75) is 0 Å². The fourth-order valence-corrected chi connectivity index (χ4v) is 2.97. The Balaban J connectivity index is 2.43. The van der Waals surface area contributed by atoms with Gasteiger partial charge in [0.25, 0.3) is 5.56 Å². The summed E-state index contributed by atoms with van der Waals surface area (Å²) in [4.78, 5) is 19.4. The van der Waals surface area contributed by atoms with E-state index in [1.165, 1.54) is 0 Å². The highest BCUT2D eigenvalue weighted by Gasteiger charge is 2.11. The van der Waals surface area contributed by atoms with Crippen LogP contribution in [0.2, 0.25) is 0 Å². The molecule has 0 atom stereocenters. The summed E-state index contributed by atoms with van der Waals surface area (Å²) in [5.41, 5.74) is 2.59. The first kappa shape index (κ1) is 10.8. The van der Waals surface area contributed by atoms with Gasteiger partial charge in [0.1, 0.15) is 0 Å². The van der Waals surface area contributed by atoms with Crippen molar-refractivity contribution in [1.29, 1.82) is 0 Å². The largest absolute Gasteiger partial charge is 0.323 e. The van der Waals surface area contributed by atoms with Crippen LogP contribution in [0.4, 0.5) is 0 Å². The number of halogens is 1. The third-order valence-corrected chi connectivity index (χ3v) is 3.92. The van der Waals surface area contributed by atoms with Crippen LogP contribution in [0, 0.1) is 0 Å². The fourth-order valence-electron chi connectivity index (χ4n) is 2.45. The quantitative estimate of drug-likeness (QED) is 0.542. The van der Waals surface area contributed by atoms with E-state index in [0.29, 0.717) is 11.2 Å². The topological polar surface area (TPSA) is 50.2 Å². The Labute approximate surface area is 115 Å². The van der Waals surface area contributed by atoms with Crippen molar-refractivity contribution in [2.75, 3.05) is 0 Å². The SMILES string of the molecule is O=c1nc2[nH]c3ccccc3n2c2cccc(Br)c12. The van der Waals surface area contributed by atoms with E-state index < -0.39 is 0 Å². The molecule has 0 fully saturated rings. The molecule has 0 unspecified atom stereocenters. The van der Waals surface area contributed by atoms with Crippen LogP contribution in [-0.2, 0) is 0 Å². The zero-order chi connectivity index (χ0) is 13.0. The van der Waals surface area contributed by atoms with Gasteiger partial charge in [-0.1, -0.05) is 18.2 Å².